The molecule has 0 radical (unpaired) electrons. The molecule has 0 amide bonds. The maximum Gasteiger partial charge on any atom is 0.0538 e. The molecule has 1 aromatic rings. The SMILES string of the molecule is CCn1cc(C(NN)C2CCCC2C)cn1. The third kappa shape index (κ3) is 2.13. The van der Waals surface area contributed by atoms with Gasteiger partial charge in [0, 0.05) is 18.3 Å². The van der Waals surface area contributed by atoms with E-state index in [1.54, 1.807) is 0 Å². The largest absolute Gasteiger partial charge is 0.273 e. The average molecular weight is 222 g/mol. The summed E-state index contributed by atoms with van der Waals surface area (Å²) in [5, 5.41) is 4.32. The summed E-state index contributed by atoms with van der Waals surface area (Å²) < 4.78 is 1.96. The zero-order chi connectivity index (χ0) is 11.5. The van der Waals surface area contributed by atoms with Gasteiger partial charge in [-0.25, -0.2) is 0 Å². The van der Waals surface area contributed by atoms with Crippen molar-refractivity contribution in [2.45, 2.75) is 45.7 Å². The van der Waals surface area contributed by atoms with Crippen LogP contribution in [-0.4, -0.2) is 9.78 Å². The standard InChI is InChI=1S/C12H22N4/c1-3-16-8-10(7-14-16)12(15-13)11-6-4-5-9(11)2/h7-9,11-12,15H,3-6,13H2,1-2H3. The summed E-state index contributed by atoms with van der Waals surface area (Å²) in [6.07, 6.45) is 7.97. The molecule has 0 aromatic carbocycles. The van der Waals surface area contributed by atoms with E-state index in [0.717, 1.165) is 12.5 Å². The lowest BCUT2D eigenvalue weighted by Crippen LogP contribution is -2.34. The van der Waals surface area contributed by atoms with Gasteiger partial charge in [-0.15, -0.1) is 0 Å². The molecular formula is C12H22N4. The maximum atomic E-state index is 5.71. The molecule has 1 fully saturated rings. The summed E-state index contributed by atoms with van der Waals surface area (Å²) >= 11 is 0. The summed E-state index contributed by atoms with van der Waals surface area (Å²) in [5.41, 5.74) is 4.20. The Kier molecular flexibility index (Phi) is 3.61. The van der Waals surface area contributed by atoms with Gasteiger partial charge < -0.3 is 0 Å². The first-order valence-electron chi connectivity index (χ1n) is 6.24. The minimum absolute atomic E-state index is 0.262. The van der Waals surface area contributed by atoms with Gasteiger partial charge in [0.25, 0.3) is 0 Å². The number of nitrogens with two attached hydrogens (primary N) is 1. The lowest BCUT2D eigenvalue weighted by molar-refractivity contribution is 0.304. The van der Waals surface area contributed by atoms with Crippen molar-refractivity contribution < 1.29 is 0 Å². The van der Waals surface area contributed by atoms with Gasteiger partial charge in [-0.3, -0.25) is 16.0 Å². The van der Waals surface area contributed by atoms with Crippen LogP contribution in [0.15, 0.2) is 12.4 Å². The third-order valence-electron chi connectivity index (χ3n) is 3.87. The van der Waals surface area contributed by atoms with Crippen LogP contribution in [0.25, 0.3) is 0 Å². The first-order valence-corrected chi connectivity index (χ1v) is 6.24. The van der Waals surface area contributed by atoms with Crippen LogP contribution in [0.3, 0.4) is 0 Å². The summed E-state index contributed by atoms with van der Waals surface area (Å²) in [4.78, 5) is 0. The van der Waals surface area contributed by atoms with E-state index in [0.29, 0.717) is 5.92 Å². The first-order chi connectivity index (χ1) is 7.76. The van der Waals surface area contributed by atoms with Gasteiger partial charge in [-0.1, -0.05) is 19.8 Å². The smallest absolute Gasteiger partial charge is 0.0538 e. The van der Waals surface area contributed by atoms with Crippen molar-refractivity contribution in [1.29, 1.82) is 0 Å². The molecular weight excluding hydrogens is 200 g/mol. The lowest BCUT2D eigenvalue weighted by Gasteiger charge is -2.25. The van der Waals surface area contributed by atoms with Crippen molar-refractivity contribution in [2.24, 2.45) is 17.7 Å². The number of hydrogen-bond donors (Lipinski definition) is 2. The third-order valence-corrected chi connectivity index (χ3v) is 3.87. The predicted molar refractivity (Wildman–Crippen MR) is 64.5 cm³/mol. The summed E-state index contributed by atoms with van der Waals surface area (Å²) in [7, 11) is 0. The normalized spacial score (nSPS) is 27.2. The number of aromatic nitrogens is 2. The molecule has 4 nitrogen and oxygen atoms in total. The van der Waals surface area contributed by atoms with Crippen molar-refractivity contribution in [3.05, 3.63) is 18.0 Å². The Morgan fingerprint density at radius 2 is 2.44 bits per heavy atom. The Morgan fingerprint density at radius 1 is 1.62 bits per heavy atom. The van der Waals surface area contributed by atoms with E-state index < -0.39 is 0 Å². The minimum atomic E-state index is 0.262. The van der Waals surface area contributed by atoms with Gasteiger partial charge in [0.15, 0.2) is 0 Å². The fourth-order valence-electron chi connectivity index (χ4n) is 2.85. The van der Waals surface area contributed by atoms with E-state index in [1.807, 2.05) is 10.9 Å². The van der Waals surface area contributed by atoms with E-state index in [4.69, 9.17) is 5.84 Å². The Labute approximate surface area is 97.2 Å². The molecule has 0 bridgehead atoms. The molecule has 0 spiro atoms. The van der Waals surface area contributed by atoms with Gasteiger partial charge in [-0.2, -0.15) is 5.10 Å². The molecule has 90 valence electrons. The number of hydrazine groups is 1. The van der Waals surface area contributed by atoms with Gasteiger partial charge in [0.1, 0.15) is 0 Å². The van der Waals surface area contributed by atoms with Crippen LogP contribution in [0.4, 0.5) is 0 Å². The molecule has 1 aromatic heterocycles. The second kappa shape index (κ2) is 4.97. The van der Waals surface area contributed by atoms with Crippen LogP contribution in [0.5, 0.6) is 0 Å². The molecule has 16 heavy (non-hydrogen) atoms. The van der Waals surface area contributed by atoms with E-state index in [-0.39, 0.29) is 6.04 Å². The molecule has 4 heteroatoms. The van der Waals surface area contributed by atoms with Gasteiger partial charge in [0.2, 0.25) is 0 Å². The first kappa shape index (κ1) is 11.6. The Morgan fingerprint density at radius 3 is 2.94 bits per heavy atom. The molecule has 1 aliphatic carbocycles. The number of nitrogens with one attached hydrogen (secondary N) is 1. The van der Waals surface area contributed by atoms with Crippen LogP contribution >= 0.6 is 0 Å². The average Bonchev–Trinajstić information content (AvgIpc) is 2.90. The van der Waals surface area contributed by atoms with Gasteiger partial charge in [-0.05, 0) is 25.2 Å². The maximum absolute atomic E-state index is 5.71. The monoisotopic (exact) mass is 222 g/mol. The number of hydrogen-bond acceptors (Lipinski definition) is 3. The van der Waals surface area contributed by atoms with Crippen LogP contribution in [0, 0.1) is 11.8 Å². The van der Waals surface area contributed by atoms with Crippen molar-refractivity contribution >= 4 is 0 Å². The highest BCUT2D eigenvalue weighted by Crippen LogP contribution is 2.39. The zero-order valence-corrected chi connectivity index (χ0v) is 10.2. The van der Waals surface area contributed by atoms with Crippen molar-refractivity contribution in [3.63, 3.8) is 0 Å². The molecule has 3 N–H and O–H groups in total. The van der Waals surface area contributed by atoms with Gasteiger partial charge >= 0.3 is 0 Å². The Balaban J connectivity index is 2.15. The number of nitrogens with zero attached hydrogens (tertiary/aromatic N) is 2. The summed E-state index contributed by atoms with van der Waals surface area (Å²) in [6.45, 7) is 5.34. The predicted octanol–water partition coefficient (Wildman–Crippen LogP) is 1.84. The quantitative estimate of drug-likeness (QED) is 0.604. The van der Waals surface area contributed by atoms with E-state index in [9.17, 15) is 0 Å². The van der Waals surface area contributed by atoms with E-state index in [1.165, 1.54) is 24.8 Å². The molecule has 0 saturated heterocycles. The topological polar surface area (TPSA) is 55.9 Å². The molecule has 0 aliphatic heterocycles. The van der Waals surface area contributed by atoms with E-state index in [2.05, 4.69) is 30.6 Å². The second-order valence-electron chi connectivity index (χ2n) is 4.85. The highest BCUT2D eigenvalue weighted by molar-refractivity contribution is 5.12. The van der Waals surface area contributed by atoms with Crippen LogP contribution in [-0.2, 0) is 6.54 Å². The summed E-state index contributed by atoms with van der Waals surface area (Å²) in [5.74, 6) is 7.12. The molecule has 2 rings (SSSR count). The number of aryl methyl sites for hydroxylation is 1. The molecule has 1 aliphatic rings. The molecule has 1 saturated carbocycles. The van der Waals surface area contributed by atoms with Crippen molar-refractivity contribution in [3.8, 4) is 0 Å². The lowest BCUT2D eigenvalue weighted by atomic mass is 9.87. The Bertz CT molecular complexity index is 334. The fraction of sp³-hybridized carbons (Fsp3) is 0.750. The molecule has 3 unspecified atom stereocenters. The highest BCUT2D eigenvalue weighted by atomic mass is 15.3. The van der Waals surface area contributed by atoms with Crippen LogP contribution in [0.1, 0.15) is 44.7 Å². The minimum Gasteiger partial charge on any atom is -0.273 e. The van der Waals surface area contributed by atoms with Crippen LogP contribution < -0.4 is 11.3 Å². The van der Waals surface area contributed by atoms with Crippen LogP contribution in [0.2, 0.25) is 0 Å². The Hall–Kier alpha value is -0.870. The fourth-order valence-corrected chi connectivity index (χ4v) is 2.85. The zero-order valence-electron chi connectivity index (χ0n) is 10.2. The van der Waals surface area contributed by atoms with E-state index >= 15 is 0 Å². The molecule has 3 atom stereocenters. The summed E-state index contributed by atoms with van der Waals surface area (Å²) in [6, 6.07) is 0.262. The highest BCUT2D eigenvalue weighted by Gasteiger charge is 2.31. The number of rotatable bonds is 4. The molecule has 1 heterocycles. The second-order valence-corrected chi connectivity index (χ2v) is 4.85. The van der Waals surface area contributed by atoms with Crippen molar-refractivity contribution in [2.75, 3.05) is 0 Å². The van der Waals surface area contributed by atoms with Gasteiger partial charge in [0.05, 0.1) is 12.2 Å². The van der Waals surface area contributed by atoms with Crippen molar-refractivity contribution in [1.82, 2.24) is 15.2 Å².